The molecule has 1 N–H and O–H groups in total. The molecule has 1 heterocycles. The Morgan fingerprint density at radius 2 is 1.83 bits per heavy atom. The van der Waals surface area contributed by atoms with Gasteiger partial charge in [-0.05, 0) is 18.6 Å². The van der Waals surface area contributed by atoms with Crippen LogP contribution in [0.15, 0.2) is 24.3 Å². The third kappa shape index (κ3) is 4.55. The lowest BCUT2D eigenvalue weighted by Crippen LogP contribution is -2.41. The fourth-order valence-electron chi connectivity index (χ4n) is 2.58. The number of carboxylic acid groups (broad SMARTS) is 1. The van der Waals surface area contributed by atoms with E-state index < -0.39 is 5.97 Å². The highest BCUT2D eigenvalue weighted by Gasteiger charge is 2.23. The number of aliphatic carboxylic acids is 1. The van der Waals surface area contributed by atoms with Crippen molar-refractivity contribution >= 4 is 23.5 Å². The number of carbonyl (C=O) groups is 3. The van der Waals surface area contributed by atoms with Crippen LogP contribution in [0.2, 0.25) is 0 Å². The highest BCUT2D eigenvalue weighted by molar-refractivity contribution is 6.04. The van der Waals surface area contributed by atoms with Crippen LogP contribution < -0.4 is 4.90 Å². The number of carbonyl (C=O) groups excluding carboxylic acids is 2. The number of para-hydroxylation sites is 1. The normalized spacial score (nSPS) is 14.3. The molecule has 0 atom stereocenters. The van der Waals surface area contributed by atoms with Crippen LogP contribution >= 0.6 is 0 Å². The molecule has 0 bridgehead atoms. The van der Waals surface area contributed by atoms with Gasteiger partial charge in [0.05, 0.1) is 24.5 Å². The molecule has 0 spiro atoms. The van der Waals surface area contributed by atoms with Crippen molar-refractivity contribution in [3.63, 3.8) is 0 Å². The second-order valence-corrected chi connectivity index (χ2v) is 5.62. The summed E-state index contributed by atoms with van der Waals surface area (Å²) >= 11 is 0. The quantitative estimate of drug-likeness (QED) is 0.849. The van der Waals surface area contributed by atoms with Gasteiger partial charge in [-0.25, -0.2) is 0 Å². The smallest absolute Gasteiger partial charge is 0.303 e. The molecule has 130 valence electrons. The number of rotatable bonds is 6. The molecular formula is C17H22N2O5. The number of carboxylic acids is 1. The van der Waals surface area contributed by atoms with E-state index in [0.717, 1.165) is 0 Å². The Morgan fingerprint density at radius 3 is 2.50 bits per heavy atom. The average Bonchev–Trinajstić information content (AvgIpc) is 2.60. The molecule has 1 fully saturated rings. The van der Waals surface area contributed by atoms with E-state index >= 15 is 0 Å². The first kappa shape index (κ1) is 17.9. The molecule has 1 saturated heterocycles. The Bertz CT molecular complexity index is 611. The van der Waals surface area contributed by atoms with Gasteiger partial charge >= 0.3 is 5.97 Å². The zero-order valence-electron chi connectivity index (χ0n) is 13.7. The predicted octanol–water partition coefficient (Wildman–Crippen LogP) is 1.38. The van der Waals surface area contributed by atoms with E-state index in [1.165, 1.54) is 4.90 Å². The van der Waals surface area contributed by atoms with E-state index in [0.29, 0.717) is 37.6 Å². The third-order valence-electron chi connectivity index (χ3n) is 3.95. The van der Waals surface area contributed by atoms with Crippen LogP contribution in [0.5, 0.6) is 0 Å². The second-order valence-electron chi connectivity index (χ2n) is 5.62. The van der Waals surface area contributed by atoms with Gasteiger partial charge in [0.2, 0.25) is 5.91 Å². The molecule has 7 nitrogen and oxygen atoms in total. The fraction of sp³-hybridized carbons (Fsp3) is 0.471. The van der Waals surface area contributed by atoms with Gasteiger partial charge in [0, 0.05) is 33.0 Å². The number of morpholine rings is 1. The lowest BCUT2D eigenvalue weighted by molar-refractivity contribution is -0.137. The molecule has 2 rings (SSSR count). The maximum atomic E-state index is 12.7. The van der Waals surface area contributed by atoms with Crippen LogP contribution in [0, 0.1) is 0 Å². The maximum Gasteiger partial charge on any atom is 0.303 e. The highest BCUT2D eigenvalue weighted by atomic mass is 16.5. The Hall–Kier alpha value is -2.41. The van der Waals surface area contributed by atoms with Crippen LogP contribution in [-0.4, -0.2) is 61.1 Å². The minimum atomic E-state index is -0.923. The molecule has 0 aromatic heterocycles. The molecule has 1 aromatic rings. The van der Waals surface area contributed by atoms with E-state index in [2.05, 4.69) is 0 Å². The molecule has 2 amide bonds. The SMILES string of the molecule is CN(C(=O)CCCC(=O)O)c1ccccc1C(=O)N1CCOCC1. The zero-order chi connectivity index (χ0) is 17.5. The largest absolute Gasteiger partial charge is 0.481 e. The van der Waals surface area contributed by atoms with Crippen molar-refractivity contribution in [3.05, 3.63) is 29.8 Å². The van der Waals surface area contributed by atoms with Gasteiger partial charge in [-0.2, -0.15) is 0 Å². The Balaban J connectivity index is 2.10. The van der Waals surface area contributed by atoms with E-state index in [1.54, 1.807) is 36.2 Å². The van der Waals surface area contributed by atoms with Gasteiger partial charge in [-0.1, -0.05) is 12.1 Å². The van der Waals surface area contributed by atoms with Crippen LogP contribution in [0.4, 0.5) is 5.69 Å². The Morgan fingerprint density at radius 1 is 1.17 bits per heavy atom. The van der Waals surface area contributed by atoms with Crippen LogP contribution in [0.3, 0.4) is 0 Å². The summed E-state index contributed by atoms with van der Waals surface area (Å²) in [7, 11) is 1.61. The third-order valence-corrected chi connectivity index (χ3v) is 3.95. The molecule has 1 aliphatic heterocycles. The molecular weight excluding hydrogens is 312 g/mol. The van der Waals surface area contributed by atoms with Crippen molar-refractivity contribution in [2.45, 2.75) is 19.3 Å². The van der Waals surface area contributed by atoms with Gasteiger partial charge in [-0.3, -0.25) is 14.4 Å². The molecule has 0 unspecified atom stereocenters. The van der Waals surface area contributed by atoms with Gasteiger partial charge in [0.15, 0.2) is 0 Å². The first-order valence-electron chi connectivity index (χ1n) is 7.95. The van der Waals surface area contributed by atoms with Crippen molar-refractivity contribution in [2.75, 3.05) is 38.3 Å². The van der Waals surface area contributed by atoms with Gasteiger partial charge in [0.1, 0.15) is 0 Å². The van der Waals surface area contributed by atoms with Gasteiger partial charge < -0.3 is 19.6 Å². The Labute approximate surface area is 140 Å². The monoisotopic (exact) mass is 334 g/mol. The van der Waals surface area contributed by atoms with Crippen molar-refractivity contribution in [3.8, 4) is 0 Å². The van der Waals surface area contributed by atoms with Crippen molar-refractivity contribution < 1.29 is 24.2 Å². The number of hydrogen-bond donors (Lipinski definition) is 1. The molecule has 24 heavy (non-hydrogen) atoms. The second kappa shape index (κ2) is 8.44. The van der Waals surface area contributed by atoms with Crippen LogP contribution in [0.25, 0.3) is 0 Å². The summed E-state index contributed by atoms with van der Waals surface area (Å²) < 4.78 is 5.26. The predicted molar refractivity (Wildman–Crippen MR) is 88.1 cm³/mol. The zero-order valence-corrected chi connectivity index (χ0v) is 13.7. The number of ether oxygens (including phenoxy) is 1. The van der Waals surface area contributed by atoms with Crippen molar-refractivity contribution in [1.82, 2.24) is 4.90 Å². The topological polar surface area (TPSA) is 87.2 Å². The number of benzene rings is 1. The molecule has 1 aliphatic rings. The van der Waals surface area contributed by atoms with Crippen LogP contribution in [0.1, 0.15) is 29.6 Å². The van der Waals surface area contributed by atoms with E-state index in [4.69, 9.17) is 9.84 Å². The van der Waals surface area contributed by atoms with E-state index in [-0.39, 0.29) is 31.1 Å². The lowest BCUT2D eigenvalue weighted by Gasteiger charge is -2.29. The summed E-state index contributed by atoms with van der Waals surface area (Å²) in [4.78, 5) is 38.7. The maximum absolute atomic E-state index is 12.7. The summed E-state index contributed by atoms with van der Waals surface area (Å²) in [5, 5.41) is 8.66. The molecule has 7 heteroatoms. The molecule has 0 saturated carbocycles. The summed E-state index contributed by atoms with van der Waals surface area (Å²) in [5.41, 5.74) is 1.00. The number of amides is 2. The summed E-state index contributed by atoms with van der Waals surface area (Å²) in [6.07, 6.45) is 0.356. The highest BCUT2D eigenvalue weighted by Crippen LogP contribution is 2.22. The minimum Gasteiger partial charge on any atom is -0.481 e. The Kier molecular flexibility index (Phi) is 6.31. The standard InChI is InChI=1S/C17H22N2O5/c1-18(15(20)7-4-8-16(21)22)14-6-3-2-5-13(14)17(23)19-9-11-24-12-10-19/h2-3,5-6H,4,7-12H2,1H3,(H,21,22). The fourth-order valence-corrected chi connectivity index (χ4v) is 2.58. The van der Waals surface area contributed by atoms with E-state index in [1.807, 2.05) is 0 Å². The molecule has 0 radical (unpaired) electrons. The number of hydrogen-bond acceptors (Lipinski definition) is 4. The van der Waals surface area contributed by atoms with E-state index in [9.17, 15) is 14.4 Å². The van der Waals surface area contributed by atoms with Crippen molar-refractivity contribution in [1.29, 1.82) is 0 Å². The summed E-state index contributed by atoms with van der Waals surface area (Å²) in [6, 6.07) is 6.96. The van der Waals surface area contributed by atoms with Crippen molar-refractivity contribution in [2.24, 2.45) is 0 Å². The first-order valence-corrected chi connectivity index (χ1v) is 7.95. The van der Waals surface area contributed by atoms with Gasteiger partial charge in [-0.15, -0.1) is 0 Å². The summed E-state index contributed by atoms with van der Waals surface area (Å²) in [5.74, 6) is -1.26. The summed E-state index contributed by atoms with van der Waals surface area (Å²) in [6.45, 7) is 2.09. The average molecular weight is 334 g/mol. The molecule has 0 aliphatic carbocycles. The number of nitrogens with zero attached hydrogens (tertiary/aromatic N) is 2. The van der Waals surface area contributed by atoms with Gasteiger partial charge in [0.25, 0.3) is 5.91 Å². The first-order chi connectivity index (χ1) is 11.5. The minimum absolute atomic E-state index is 0.0477. The lowest BCUT2D eigenvalue weighted by atomic mass is 10.1. The number of anilines is 1. The van der Waals surface area contributed by atoms with Crippen LogP contribution in [-0.2, 0) is 14.3 Å². The molecule has 1 aromatic carbocycles.